The van der Waals surface area contributed by atoms with Gasteiger partial charge >= 0.3 is 5.97 Å². The van der Waals surface area contributed by atoms with Gasteiger partial charge in [0.2, 0.25) is 0 Å². The molecule has 4 heteroatoms. The highest BCUT2D eigenvalue weighted by atomic mass is 16.5. The molecular weight excluding hydrogens is 172 g/mol. The Balaban J connectivity index is 0. The minimum Gasteiger partial charge on any atom is -0.481 e. The lowest BCUT2D eigenvalue weighted by atomic mass is 10.3. The number of hydrogen-bond acceptors (Lipinski definition) is 3. The topological polar surface area (TPSA) is 63.6 Å². The van der Waals surface area contributed by atoms with Crippen molar-refractivity contribution in [1.29, 1.82) is 0 Å². The number of ether oxygens (including phenoxy) is 1. The number of hydrogen-bond donors (Lipinski definition) is 1. The molecule has 4 nitrogen and oxygen atoms in total. The van der Waals surface area contributed by atoms with E-state index in [9.17, 15) is 4.79 Å². The Morgan fingerprint density at radius 1 is 1.38 bits per heavy atom. The van der Waals surface area contributed by atoms with Gasteiger partial charge in [-0.05, 0) is 0 Å². The molecular formula is C9H12O4. The monoisotopic (exact) mass is 184 g/mol. The van der Waals surface area contributed by atoms with Gasteiger partial charge in [-0.2, -0.15) is 0 Å². The first kappa shape index (κ1) is 13.7. The molecule has 0 bridgehead atoms. The molecule has 0 radical (unpaired) electrons. The van der Waals surface area contributed by atoms with Crippen LogP contribution in [-0.2, 0) is 14.3 Å². The lowest BCUT2D eigenvalue weighted by Crippen LogP contribution is -1.99. The van der Waals surface area contributed by atoms with E-state index in [1.165, 1.54) is 6.08 Å². The zero-order valence-electron chi connectivity index (χ0n) is 7.45. The Kier molecular flexibility index (Phi) is 8.72. The lowest BCUT2D eigenvalue weighted by molar-refractivity contribution is -0.134. The van der Waals surface area contributed by atoms with E-state index < -0.39 is 11.9 Å². The number of carbonyl (C=O) groups is 2. The van der Waals surface area contributed by atoms with E-state index in [4.69, 9.17) is 9.90 Å². The standard InChI is InChI=1S/C7H8O2.C2H4O2/c1-4-6(3)7(8)9-5-2;1-2(3)4/h4-5H,1-3H2;1H3,(H,3,4). The molecule has 0 aromatic rings. The SMILES string of the molecule is C=COC(=O)C(=C)C=C.CC(=O)O. The van der Waals surface area contributed by atoms with Crippen molar-refractivity contribution < 1.29 is 19.4 Å². The van der Waals surface area contributed by atoms with Crippen molar-refractivity contribution in [2.75, 3.05) is 0 Å². The van der Waals surface area contributed by atoms with E-state index in [1.807, 2.05) is 0 Å². The van der Waals surface area contributed by atoms with Gasteiger partial charge in [0.15, 0.2) is 0 Å². The molecule has 0 atom stereocenters. The van der Waals surface area contributed by atoms with Crippen LogP contribution in [0.4, 0.5) is 0 Å². The van der Waals surface area contributed by atoms with Gasteiger partial charge in [-0.3, -0.25) is 4.79 Å². The van der Waals surface area contributed by atoms with Crippen molar-refractivity contribution in [2.24, 2.45) is 0 Å². The Bertz CT molecular complexity index is 224. The number of rotatable bonds is 3. The fourth-order valence-electron chi connectivity index (χ4n) is 0.235. The minimum absolute atomic E-state index is 0.231. The van der Waals surface area contributed by atoms with E-state index in [0.29, 0.717) is 0 Å². The van der Waals surface area contributed by atoms with E-state index in [1.54, 1.807) is 0 Å². The highest BCUT2D eigenvalue weighted by Gasteiger charge is 1.99. The average Bonchev–Trinajstić information content (AvgIpc) is 2.02. The van der Waals surface area contributed by atoms with Crippen molar-refractivity contribution >= 4 is 11.9 Å². The summed E-state index contributed by atoms with van der Waals surface area (Å²) in [5.41, 5.74) is 0.231. The van der Waals surface area contributed by atoms with Gasteiger partial charge in [-0.15, -0.1) is 0 Å². The van der Waals surface area contributed by atoms with Crippen molar-refractivity contribution in [1.82, 2.24) is 0 Å². The normalized spacial score (nSPS) is 7.15. The summed E-state index contributed by atoms with van der Waals surface area (Å²) in [5.74, 6) is -1.35. The Hall–Kier alpha value is -1.84. The first-order valence-corrected chi connectivity index (χ1v) is 3.28. The van der Waals surface area contributed by atoms with Gasteiger partial charge in [0.1, 0.15) is 0 Å². The molecule has 0 unspecified atom stereocenters. The second kappa shape index (κ2) is 8.26. The van der Waals surface area contributed by atoms with Crippen LogP contribution in [0.5, 0.6) is 0 Å². The zero-order valence-corrected chi connectivity index (χ0v) is 7.45. The molecule has 0 heterocycles. The second-order valence-corrected chi connectivity index (χ2v) is 1.82. The summed E-state index contributed by atoms with van der Waals surface area (Å²) in [6.45, 7) is 11.0. The molecule has 0 aromatic carbocycles. The van der Waals surface area contributed by atoms with E-state index >= 15 is 0 Å². The number of aliphatic carboxylic acids is 1. The van der Waals surface area contributed by atoms with Crippen molar-refractivity contribution in [3.63, 3.8) is 0 Å². The predicted molar refractivity (Wildman–Crippen MR) is 48.9 cm³/mol. The van der Waals surface area contributed by atoms with Crippen LogP contribution in [0, 0.1) is 0 Å². The van der Waals surface area contributed by atoms with Crippen LogP contribution >= 0.6 is 0 Å². The van der Waals surface area contributed by atoms with Gasteiger partial charge in [-0.1, -0.05) is 25.8 Å². The Labute approximate surface area is 76.8 Å². The van der Waals surface area contributed by atoms with Crippen LogP contribution in [0.2, 0.25) is 0 Å². The second-order valence-electron chi connectivity index (χ2n) is 1.82. The first-order valence-electron chi connectivity index (χ1n) is 3.28. The molecule has 1 N–H and O–H groups in total. The number of carbonyl (C=O) groups excluding carboxylic acids is 1. The third-order valence-electron chi connectivity index (χ3n) is 0.699. The molecule has 0 saturated heterocycles. The molecule has 0 aromatic heterocycles. The van der Waals surface area contributed by atoms with E-state index in [2.05, 4.69) is 24.5 Å². The third kappa shape index (κ3) is 13.2. The Morgan fingerprint density at radius 2 is 1.77 bits per heavy atom. The van der Waals surface area contributed by atoms with Crippen LogP contribution in [0.3, 0.4) is 0 Å². The lowest BCUT2D eigenvalue weighted by Gasteiger charge is -1.93. The molecule has 0 aliphatic heterocycles. The number of carboxylic acids is 1. The van der Waals surface area contributed by atoms with Gasteiger partial charge in [-0.25, -0.2) is 4.79 Å². The average molecular weight is 184 g/mol. The van der Waals surface area contributed by atoms with Gasteiger partial charge in [0, 0.05) is 6.92 Å². The van der Waals surface area contributed by atoms with Crippen LogP contribution in [0.25, 0.3) is 0 Å². The fourth-order valence-corrected chi connectivity index (χ4v) is 0.235. The molecule has 0 saturated carbocycles. The quantitative estimate of drug-likeness (QED) is 0.312. The Morgan fingerprint density at radius 3 is 2.00 bits per heavy atom. The molecule has 0 spiro atoms. The number of carboxylic acid groups (broad SMARTS) is 1. The summed E-state index contributed by atoms with van der Waals surface area (Å²) in [5, 5.41) is 7.42. The number of esters is 1. The zero-order chi connectivity index (χ0) is 10.9. The molecule has 0 fully saturated rings. The van der Waals surface area contributed by atoms with Crippen molar-refractivity contribution in [3.8, 4) is 0 Å². The van der Waals surface area contributed by atoms with Gasteiger partial charge < -0.3 is 9.84 Å². The van der Waals surface area contributed by atoms with Crippen LogP contribution in [0.1, 0.15) is 6.92 Å². The molecule has 72 valence electrons. The summed E-state index contributed by atoms with van der Waals surface area (Å²) >= 11 is 0. The largest absolute Gasteiger partial charge is 0.481 e. The fraction of sp³-hybridized carbons (Fsp3) is 0.111. The van der Waals surface area contributed by atoms with Crippen LogP contribution in [0.15, 0.2) is 37.6 Å². The van der Waals surface area contributed by atoms with Crippen LogP contribution in [-0.4, -0.2) is 17.0 Å². The first-order chi connectivity index (χ1) is 5.95. The summed E-state index contributed by atoms with van der Waals surface area (Å²) in [6, 6.07) is 0. The molecule has 13 heavy (non-hydrogen) atoms. The smallest absolute Gasteiger partial charge is 0.342 e. The predicted octanol–water partition coefficient (Wildman–Crippen LogP) is 1.51. The highest BCUT2D eigenvalue weighted by molar-refractivity contribution is 5.90. The third-order valence-corrected chi connectivity index (χ3v) is 0.699. The summed E-state index contributed by atoms with van der Waals surface area (Å²) in [7, 11) is 0. The van der Waals surface area contributed by atoms with E-state index in [0.717, 1.165) is 13.2 Å². The van der Waals surface area contributed by atoms with Gasteiger partial charge in [0.05, 0.1) is 11.8 Å². The summed E-state index contributed by atoms with van der Waals surface area (Å²) in [4.78, 5) is 19.5. The summed E-state index contributed by atoms with van der Waals surface area (Å²) in [6.07, 6.45) is 2.38. The molecule has 0 amide bonds. The van der Waals surface area contributed by atoms with Crippen molar-refractivity contribution in [2.45, 2.75) is 6.92 Å². The minimum atomic E-state index is -0.833. The molecule has 0 aliphatic carbocycles. The maximum Gasteiger partial charge on any atom is 0.342 e. The van der Waals surface area contributed by atoms with Crippen LogP contribution < -0.4 is 0 Å². The highest BCUT2D eigenvalue weighted by Crippen LogP contribution is 1.93. The maximum atomic E-state index is 10.5. The summed E-state index contributed by atoms with van der Waals surface area (Å²) < 4.78 is 4.35. The molecule has 0 rings (SSSR count). The van der Waals surface area contributed by atoms with Crippen molar-refractivity contribution in [3.05, 3.63) is 37.6 Å². The maximum absolute atomic E-state index is 10.5. The molecule has 0 aliphatic rings. The van der Waals surface area contributed by atoms with E-state index in [-0.39, 0.29) is 5.57 Å². The van der Waals surface area contributed by atoms with Gasteiger partial charge in [0.25, 0.3) is 5.97 Å².